The first kappa shape index (κ1) is 13.6. The summed E-state index contributed by atoms with van der Waals surface area (Å²) in [4.78, 5) is 12.5. The summed E-state index contributed by atoms with van der Waals surface area (Å²) in [7, 11) is 0. The van der Waals surface area contributed by atoms with Crippen LogP contribution < -0.4 is 10.6 Å². The first-order valence-corrected chi connectivity index (χ1v) is 6.79. The number of anilines is 1. The van der Waals surface area contributed by atoms with Gasteiger partial charge in [0.25, 0.3) is 0 Å². The third kappa shape index (κ3) is 2.97. The summed E-state index contributed by atoms with van der Waals surface area (Å²) >= 11 is 0. The van der Waals surface area contributed by atoms with Gasteiger partial charge in [-0.1, -0.05) is 18.9 Å². The second kappa shape index (κ2) is 5.90. The maximum absolute atomic E-state index is 12.5. The molecule has 0 aromatic heterocycles. The van der Waals surface area contributed by atoms with Crippen molar-refractivity contribution in [3.63, 3.8) is 0 Å². The third-order valence-corrected chi connectivity index (χ3v) is 3.92. The Morgan fingerprint density at radius 1 is 1.58 bits per heavy atom. The number of amides is 1. The van der Waals surface area contributed by atoms with E-state index in [1.165, 1.54) is 0 Å². The summed E-state index contributed by atoms with van der Waals surface area (Å²) in [5, 5.41) is 6.33. The van der Waals surface area contributed by atoms with Crippen molar-refractivity contribution in [2.24, 2.45) is 5.41 Å². The average molecular weight is 256 g/mol. The molecule has 1 aliphatic heterocycles. The SMILES string of the molecule is C#Cc1cccc(NC(=O)C2(CC)CCCNC2)c1. The van der Waals surface area contributed by atoms with Crippen molar-refractivity contribution in [1.29, 1.82) is 0 Å². The molecule has 1 aliphatic rings. The molecule has 3 heteroatoms. The lowest BCUT2D eigenvalue weighted by atomic mass is 9.77. The molecule has 1 unspecified atom stereocenters. The molecule has 1 atom stereocenters. The fourth-order valence-corrected chi connectivity index (χ4v) is 2.57. The number of carbonyl (C=O) groups excluding carboxylic acids is 1. The van der Waals surface area contributed by atoms with E-state index in [0.717, 1.165) is 43.6 Å². The molecule has 100 valence electrons. The fraction of sp³-hybridized carbons (Fsp3) is 0.438. The van der Waals surface area contributed by atoms with E-state index < -0.39 is 0 Å². The number of nitrogens with one attached hydrogen (secondary N) is 2. The van der Waals surface area contributed by atoms with Crippen LogP contribution in [-0.4, -0.2) is 19.0 Å². The third-order valence-electron chi connectivity index (χ3n) is 3.92. The van der Waals surface area contributed by atoms with Crippen molar-refractivity contribution in [2.45, 2.75) is 26.2 Å². The van der Waals surface area contributed by atoms with Gasteiger partial charge in [-0.15, -0.1) is 6.42 Å². The molecule has 0 bridgehead atoms. The molecule has 19 heavy (non-hydrogen) atoms. The summed E-state index contributed by atoms with van der Waals surface area (Å²) in [6.07, 6.45) is 8.21. The van der Waals surface area contributed by atoms with Gasteiger partial charge in [0.15, 0.2) is 0 Å². The Morgan fingerprint density at radius 2 is 2.42 bits per heavy atom. The number of benzene rings is 1. The summed E-state index contributed by atoms with van der Waals surface area (Å²) < 4.78 is 0. The standard InChI is InChI=1S/C16H20N2O/c1-3-13-7-5-8-14(11-13)18-15(19)16(4-2)9-6-10-17-12-16/h1,5,7-8,11,17H,4,6,9-10,12H2,2H3,(H,18,19). The molecule has 2 N–H and O–H groups in total. The summed E-state index contributed by atoms with van der Waals surface area (Å²) in [5.74, 6) is 2.67. The molecule has 1 amide bonds. The molecular formula is C16H20N2O. The first-order chi connectivity index (χ1) is 9.20. The topological polar surface area (TPSA) is 41.1 Å². The van der Waals surface area contributed by atoms with Gasteiger partial charge >= 0.3 is 0 Å². The molecule has 3 nitrogen and oxygen atoms in total. The number of piperidine rings is 1. The van der Waals surface area contributed by atoms with Gasteiger partial charge in [-0.25, -0.2) is 0 Å². The maximum atomic E-state index is 12.5. The van der Waals surface area contributed by atoms with E-state index in [1.54, 1.807) is 0 Å². The summed E-state index contributed by atoms with van der Waals surface area (Å²) in [6, 6.07) is 7.42. The highest BCUT2D eigenvalue weighted by Gasteiger charge is 2.37. The van der Waals surface area contributed by atoms with Gasteiger partial charge in [0.1, 0.15) is 0 Å². The monoisotopic (exact) mass is 256 g/mol. The van der Waals surface area contributed by atoms with Gasteiger partial charge in [-0.2, -0.15) is 0 Å². The van der Waals surface area contributed by atoms with E-state index in [4.69, 9.17) is 6.42 Å². The van der Waals surface area contributed by atoms with Gasteiger partial charge in [-0.05, 0) is 44.0 Å². The Bertz CT molecular complexity index is 496. The van der Waals surface area contributed by atoms with Gasteiger partial charge in [-0.3, -0.25) is 4.79 Å². The number of hydrogen-bond acceptors (Lipinski definition) is 2. The molecule has 0 spiro atoms. The molecule has 1 aromatic rings. The fourth-order valence-electron chi connectivity index (χ4n) is 2.57. The van der Waals surface area contributed by atoms with Crippen LogP contribution in [0.15, 0.2) is 24.3 Å². The molecule has 0 radical (unpaired) electrons. The van der Waals surface area contributed by atoms with Crippen LogP contribution in [0.5, 0.6) is 0 Å². The van der Waals surface area contributed by atoms with E-state index in [1.807, 2.05) is 24.3 Å². The van der Waals surface area contributed by atoms with Crippen molar-refractivity contribution in [1.82, 2.24) is 5.32 Å². The van der Waals surface area contributed by atoms with Crippen LogP contribution in [0.25, 0.3) is 0 Å². The van der Waals surface area contributed by atoms with Gasteiger partial charge < -0.3 is 10.6 Å². The Labute approximate surface area is 114 Å². The number of hydrogen-bond donors (Lipinski definition) is 2. The van der Waals surface area contributed by atoms with Gasteiger partial charge in [0.2, 0.25) is 5.91 Å². The predicted molar refractivity (Wildman–Crippen MR) is 77.8 cm³/mol. The highest BCUT2D eigenvalue weighted by molar-refractivity contribution is 5.95. The van der Waals surface area contributed by atoms with Crippen LogP contribution in [-0.2, 0) is 4.79 Å². The summed E-state index contributed by atoms with van der Waals surface area (Å²) in [6.45, 7) is 3.83. The second-order valence-electron chi connectivity index (χ2n) is 5.09. The number of rotatable bonds is 3. The first-order valence-electron chi connectivity index (χ1n) is 6.79. The van der Waals surface area contributed by atoms with E-state index in [2.05, 4.69) is 23.5 Å². The second-order valence-corrected chi connectivity index (χ2v) is 5.09. The van der Waals surface area contributed by atoms with E-state index in [-0.39, 0.29) is 11.3 Å². The van der Waals surface area contributed by atoms with Crippen molar-refractivity contribution < 1.29 is 4.79 Å². The largest absolute Gasteiger partial charge is 0.326 e. The maximum Gasteiger partial charge on any atom is 0.231 e. The minimum atomic E-state index is -0.287. The van der Waals surface area contributed by atoms with Crippen LogP contribution >= 0.6 is 0 Å². The molecular weight excluding hydrogens is 236 g/mol. The lowest BCUT2D eigenvalue weighted by Gasteiger charge is -2.35. The van der Waals surface area contributed by atoms with E-state index >= 15 is 0 Å². The predicted octanol–water partition coefficient (Wildman–Crippen LogP) is 2.39. The highest BCUT2D eigenvalue weighted by atomic mass is 16.2. The molecule has 2 rings (SSSR count). The summed E-state index contributed by atoms with van der Waals surface area (Å²) in [5.41, 5.74) is 1.27. The highest BCUT2D eigenvalue weighted by Crippen LogP contribution is 2.31. The lowest BCUT2D eigenvalue weighted by Crippen LogP contribution is -2.47. The Balaban J connectivity index is 2.13. The quantitative estimate of drug-likeness (QED) is 0.815. The molecule has 1 fully saturated rings. The zero-order chi connectivity index (χ0) is 13.7. The van der Waals surface area contributed by atoms with Crippen molar-refractivity contribution >= 4 is 11.6 Å². The zero-order valence-corrected chi connectivity index (χ0v) is 11.3. The molecule has 0 aliphatic carbocycles. The van der Waals surface area contributed by atoms with E-state index in [9.17, 15) is 4.79 Å². The lowest BCUT2D eigenvalue weighted by molar-refractivity contribution is -0.126. The van der Waals surface area contributed by atoms with E-state index in [0.29, 0.717) is 0 Å². The number of carbonyl (C=O) groups is 1. The Hall–Kier alpha value is -1.79. The smallest absolute Gasteiger partial charge is 0.231 e. The van der Waals surface area contributed by atoms with Crippen LogP contribution in [0.1, 0.15) is 31.7 Å². The minimum absolute atomic E-state index is 0.0939. The number of terminal acetylenes is 1. The Morgan fingerprint density at radius 3 is 3.05 bits per heavy atom. The Kier molecular flexibility index (Phi) is 4.24. The van der Waals surface area contributed by atoms with Crippen LogP contribution in [0.3, 0.4) is 0 Å². The molecule has 1 heterocycles. The molecule has 1 saturated heterocycles. The molecule has 0 saturated carbocycles. The van der Waals surface area contributed by atoms with Gasteiger partial charge in [0, 0.05) is 17.8 Å². The molecule has 1 aromatic carbocycles. The van der Waals surface area contributed by atoms with Crippen LogP contribution in [0.4, 0.5) is 5.69 Å². The van der Waals surface area contributed by atoms with Crippen molar-refractivity contribution in [3.05, 3.63) is 29.8 Å². The zero-order valence-electron chi connectivity index (χ0n) is 11.3. The minimum Gasteiger partial charge on any atom is -0.326 e. The van der Waals surface area contributed by atoms with Crippen molar-refractivity contribution in [2.75, 3.05) is 18.4 Å². The average Bonchev–Trinajstić information content (AvgIpc) is 2.48. The van der Waals surface area contributed by atoms with Crippen LogP contribution in [0.2, 0.25) is 0 Å². The van der Waals surface area contributed by atoms with Crippen LogP contribution in [0, 0.1) is 17.8 Å². The normalized spacial score (nSPS) is 22.5. The van der Waals surface area contributed by atoms with Crippen molar-refractivity contribution in [3.8, 4) is 12.3 Å². The van der Waals surface area contributed by atoms with Gasteiger partial charge in [0.05, 0.1) is 5.41 Å².